The lowest BCUT2D eigenvalue weighted by Gasteiger charge is -2.50. The molecule has 18 bridgehead atoms. The minimum absolute atomic E-state index is 0.0313. The Kier molecular flexibility index (Phi) is 29.1. The molecule has 4 aromatic carbocycles. The Bertz CT molecular complexity index is 3950. The van der Waals surface area contributed by atoms with Gasteiger partial charge in [0.05, 0.1) is 52.4 Å². The molecule has 42 nitrogen and oxygen atoms in total. The number of esters is 1. The zero-order valence-electron chi connectivity index (χ0n) is 65.4. The highest BCUT2D eigenvalue weighted by Crippen LogP contribution is 2.65. The highest BCUT2D eigenvalue weighted by atomic mass is 16.8. The summed E-state index contributed by atoms with van der Waals surface area (Å²) in [5, 5.41) is 276. The lowest BCUT2D eigenvalue weighted by Crippen LogP contribution is -2.69. The third-order valence-electron chi connectivity index (χ3n) is 26.3. The first-order chi connectivity index (χ1) is 57.2. The van der Waals surface area contributed by atoms with Gasteiger partial charge in [0.2, 0.25) is 0 Å². The molecule has 30 aliphatic heterocycles. The number of hydrogen-bond donors (Lipinski definition) is 24. The smallest absolute Gasteiger partial charge is 0.305 e. The third kappa shape index (κ3) is 17.4. The van der Waals surface area contributed by atoms with Crippen LogP contribution in [-0.2, 0) is 91.7 Å². The molecule has 0 spiro atoms. The summed E-state index contributed by atoms with van der Waals surface area (Å²) in [6, 6.07) is 18.0. The number of aliphatic hydroxyl groups excluding tert-OH is 24. The molecule has 0 amide bonds. The highest BCUT2D eigenvalue weighted by molar-refractivity contribution is 6.23. The lowest BCUT2D eigenvalue weighted by atomic mass is 9.70. The number of rotatable bonds is 13. The van der Waals surface area contributed by atoms with E-state index in [1.165, 1.54) is 12.8 Å². The van der Waals surface area contributed by atoms with Crippen molar-refractivity contribution in [1.29, 1.82) is 0 Å². The van der Waals surface area contributed by atoms with Crippen LogP contribution in [0.25, 0.3) is 32.3 Å². The zero-order valence-corrected chi connectivity index (χ0v) is 65.4. The maximum absolute atomic E-state index is 13.8. The van der Waals surface area contributed by atoms with Crippen LogP contribution >= 0.6 is 0 Å². The number of fused-ring (bicyclic) bond motifs is 2. The van der Waals surface area contributed by atoms with E-state index in [4.69, 9.17) is 80.5 Å². The SMILES string of the molecule is CC1(C)[C@H]2CC[C@]1(C)[C@H](O)C2.O=C(CCCc1ccc2ccc3cccc4ccc1c2c34)OC[C@H]1O[C@@H]2O[C@H]3[C@H](O)[C@@H](O)[C@@H](O[C@H]4[C@H](O)[C@@H](O)[C@@H](O[C@H]5[C@H](O)[C@@H](O)[C@@H](O[C@H]6[C@H](O)[C@@H](O)[C@@H](O[C@H]7[C@H](O)[C@@H](O)[C@@H](O[C@H]8[C@H](O)[C@@H](O)[C@@H](O[C@H]9[C@H](O)[C@@H](O)[C@@H](O[C@H]1[C@H](O)[C@H]2O)O[C@@H]9CO)O[C@@H]8CO)O[C@@H]7CO)O[C@@H]6CO)O[C@@H]5CO)O[C@@H]4CO)O[C@@H]3CO. The van der Waals surface area contributed by atoms with Crippen LogP contribution in [0.4, 0.5) is 0 Å². The van der Waals surface area contributed by atoms with Gasteiger partial charge < -0.3 is 203 Å². The van der Waals surface area contributed by atoms with Gasteiger partial charge in [-0.25, -0.2) is 0 Å². The first-order valence-electron chi connectivity index (χ1n) is 40.4. The van der Waals surface area contributed by atoms with Gasteiger partial charge in [0, 0.05) is 6.42 Å². The molecule has 120 heavy (non-hydrogen) atoms. The van der Waals surface area contributed by atoms with Crippen molar-refractivity contribution in [2.45, 2.75) is 311 Å². The molecule has 32 fully saturated rings. The van der Waals surface area contributed by atoms with Crippen molar-refractivity contribution in [3.8, 4) is 0 Å². The van der Waals surface area contributed by atoms with E-state index in [2.05, 4.69) is 20.8 Å². The van der Waals surface area contributed by atoms with Crippen molar-refractivity contribution in [3.05, 3.63) is 60.2 Å². The number of aliphatic hydroxyl groups is 24. The van der Waals surface area contributed by atoms with Crippen molar-refractivity contribution in [2.75, 3.05) is 52.9 Å². The molecule has 42 heteroatoms. The third-order valence-corrected chi connectivity index (χ3v) is 26.3. The van der Waals surface area contributed by atoms with Gasteiger partial charge >= 0.3 is 5.97 Å². The average Bonchev–Trinajstić information content (AvgIpc) is 1.52. The predicted molar refractivity (Wildman–Crippen MR) is 393 cm³/mol. The minimum Gasteiger partial charge on any atom is -0.463 e. The molecular formula is C78H112O42. The van der Waals surface area contributed by atoms with Gasteiger partial charge in [-0.15, -0.1) is 0 Å². The van der Waals surface area contributed by atoms with Crippen molar-refractivity contribution in [2.24, 2.45) is 16.7 Å². The maximum Gasteiger partial charge on any atom is 0.305 e. The van der Waals surface area contributed by atoms with Gasteiger partial charge in [-0.3, -0.25) is 4.79 Å². The Morgan fingerprint density at radius 1 is 0.342 bits per heavy atom. The fourth-order valence-electron chi connectivity index (χ4n) is 18.7. The van der Waals surface area contributed by atoms with Gasteiger partial charge in [-0.1, -0.05) is 75.4 Å². The molecule has 36 rings (SSSR count). The van der Waals surface area contributed by atoms with Crippen molar-refractivity contribution < 1.29 is 208 Å². The van der Waals surface area contributed by atoms with E-state index in [1.807, 2.05) is 54.6 Å². The van der Waals surface area contributed by atoms with Crippen LogP contribution in [0, 0.1) is 16.7 Å². The van der Waals surface area contributed by atoms with E-state index in [0.29, 0.717) is 11.8 Å². The number of aryl methyl sites for hydroxylation is 1. The van der Waals surface area contributed by atoms with Crippen LogP contribution in [-0.4, -0.2) is 433 Å². The van der Waals surface area contributed by atoms with Gasteiger partial charge in [0.1, 0.15) is 202 Å². The van der Waals surface area contributed by atoms with Crippen LogP contribution in [0.3, 0.4) is 0 Å². The molecule has 0 aromatic heterocycles. The van der Waals surface area contributed by atoms with Gasteiger partial charge in [0.25, 0.3) is 0 Å². The maximum atomic E-state index is 13.8. The summed E-state index contributed by atoms with van der Waals surface area (Å²) in [5.41, 5.74) is 1.53. The summed E-state index contributed by atoms with van der Waals surface area (Å²) in [6.45, 7) is -1.69. The normalized spacial score (nSPS) is 47.7. The Balaban J connectivity index is 0.000000985. The summed E-state index contributed by atoms with van der Waals surface area (Å²) in [6.07, 6.45) is -79.6. The molecule has 30 heterocycles. The van der Waals surface area contributed by atoms with Crippen LogP contribution in [0.15, 0.2) is 54.6 Å². The summed E-state index contributed by atoms with van der Waals surface area (Å²) in [5.74, 6) is -0.0523. The van der Waals surface area contributed by atoms with E-state index in [-0.39, 0.29) is 24.4 Å². The highest BCUT2D eigenvalue weighted by Gasteiger charge is 2.63. The Morgan fingerprint density at radius 2 is 0.608 bits per heavy atom. The van der Waals surface area contributed by atoms with Crippen molar-refractivity contribution >= 4 is 38.3 Å². The molecule has 32 aliphatic rings. The minimum atomic E-state index is -2.32. The second-order valence-corrected chi connectivity index (χ2v) is 33.5. The fraction of sp³-hybridized carbons (Fsp3) is 0.782. The molecular weight excluding hydrogens is 1610 g/mol. The molecule has 30 saturated heterocycles. The number of carbonyl (C=O) groups excluding carboxylic acids is 1. The van der Waals surface area contributed by atoms with Crippen molar-refractivity contribution in [1.82, 2.24) is 0 Å². The van der Waals surface area contributed by atoms with Gasteiger partial charge in [-0.2, -0.15) is 0 Å². The van der Waals surface area contributed by atoms with Gasteiger partial charge in [-0.05, 0) is 86.7 Å². The van der Waals surface area contributed by atoms with Crippen LogP contribution < -0.4 is 0 Å². The molecule has 676 valence electrons. The molecule has 2 aliphatic carbocycles. The number of benzene rings is 4. The predicted octanol–water partition coefficient (Wildman–Crippen LogP) is -9.74. The monoisotopic (exact) mass is 1720 g/mol. The molecule has 24 N–H and O–H groups in total. The first-order valence-corrected chi connectivity index (χ1v) is 40.4. The molecule has 0 unspecified atom stereocenters. The summed E-state index contributed by atoms with van der Waals surface area (Å²) in [4.78, 5) is 13.8. The Hall–Kier alpha value is -4.21. The molecule has 2 saturated carbocycles. The Morgan fingerprint density at radius 3 is 0.867 bits per heavy atom. The second-order valence-electron chi connectivity index (χ2n) is 33.5. The van der Waals surface area contributed by atoms with Gasteiger partial charge in [0.15, 0.2) is 50.3 Å². The largest absolute Gasteiger partial charge is 0.463 e. The van der Waals surface area contributed by atoms with Crippen LogP contribution in [0.2, 0.25) is 0 Å². The average molecular weight is 1720 g/mol. The first kappa shape index (κ1) is 92.0. The zero-order chi connectivity index (χ0) is 86.2. The standard InChI is InChI=1S/C68H94O41.C10H18O/c69-13-26-53-37(77)45(85)61(94-26)103-54-27(14-70)96-63(47(87)39(54)79)105-56-29(16-72)98-65(49(89)41(56)81)107-58-31(18-74)100-67(51(91)43(58)83)109-60-33(20-93-34(76)6-2-3-21-7-8-24-10-9-22-4-1-5-23-11-12-25(21)36(24)35(22)23)101-68(52(92)44(60)84)108-59-32(19-75)99-66(50(90)42(59)82)106-57-30(17-73)97-64(48(88)40(57)80)104-55-28(15-71)95-62(102-53)46(86)38(55)78;1-9(2)7-4-5-10(9,3)8(11)6-7/h1,4-5,7-12,26-33,37-75,77-92H,2-3,6,13-20H2;7-8,11H,4-6H2,1-3H3/t26-,27-,28-,29-,30-,31-,32-,33-,37-,38-,39-,40-,41-,42-,43-,44-,45-,46-,47-,48-,49-,50-,51-,52-,53-,54-,55-,56-,57-,58-,59-,60-,61-,62-,63-,64-,65-,66-,67-,68-;7-,8+,10+/m10/s1. The fourth-order valence-corrected chi connectivity index (χ4v) is 18.7. The second kappa shape index (κ2) is 38.0. The Labute approximate surface area is 684 Å². The lowest BCUT2D eigenvalue weighted by molar-refractivity contribution is -0.404. The van der Waals surface area contributed by atoms with E-state index < -0.39 is 304 Å². The number of ether oxygens (including phenoxy) is 17. The molecule has 43 atom stereocenters. The van der Waals surface area contributed by atoms with Crippen molar-refractivity contribution in [3.63, 3.8) is 0 Å². The topological polar surface area (TPSA) is 660 Å². The van der Waals surface area contributed by atoms with E-state index in [1.54, 1.807) is 0 Å². The van der Waals surface area contributed by atoms with Crippen LogP contribution in [0.5, 0.6) is 0 Å². The van der Waals surface area contributed by atoms with E-state index in [9.17, 15) is 127 Å². The number of hydrogen-bond acceptors (Lipinski definition) is 42. The van der Waals surface area contributed by atoms with E-state index >= 15 is 0 Å². The van der Waals surface area contributed by atoms with E-state index in [0.717, 1.165) is 50.2 Å². The summed E-state index contributed by atoms with van der Waals surface area (Å²) >= 11 is 0. The quantitative estimate of drug-likeness (QED) is 0.0437. The molecule has 4 aromatic rings. The van der Waals surface area contributed by atoms with Crippen LogP contribution in [0.1, 0.15) is 58.4 Å². The summed E-state index contributed by atoms with van der Waals surface area (Å²) < 4.78 is 99.0. The summed E-state index contributed by atoms with van der Waals surface area (Å²) in [7, 11) is 0. The molecule has 0 radical (unpaired) electrons. The number of carbonyl (C=O) groups is 1.